The van der Waals surface area contributed by atoms with Gasteiger partial charge in [0.05, 0.1) is 11.7 Å². The molecule has 5 fully saturated rings. The lowest BCUT2D eigenvalue weighted by molar-refractivity contribution is -0.182. The Hall–Kier alpha value is -2.57. The minimum absolute atomic E-state index is 0.0126. The van der Waals surface area contributed by atoms with Crippen LogP contribution in [-0.2, 0) is 10.4 Å². The molecule has 3 N–H and O–H groups in total. The molecule has 0 aromatic heterocycles. The number of hydrogen-bond donors (Lipinski definition) is 3. The van der Waals surface area contributed by atoms with E-state index in [1.54, 1.807) is 0 Å². The summed E-state index contributed by atoms with van der Waals surface area (Å²) in [6.45, 7) is 6.21. The van der Waals surface area contributed by atoms with Crippen molar-refractivity contribution in [2.45, 2.75) is 127 Å². The van der Waals surface area contributed by atoms with Gasteiger partial charge >= 0.3 is 0 Å². The van der Waals surface area contributed by atoms with E-state index in [4.69, 9.17) is 0 Å². The summed E-state index contributed by atoms with van der Waals surface area (Å²) in [4.78, 5) is 17.4. The SMILES string of the molecule is C[C@]12CC[C@H]3[C@]4(C=C[C@@]5(C=C4C(=O)C4CCCCC4)CC(O)CC[C@]35C)[C@@H]1CC[C@@]2(O)CN1CCC[C@@H]1C(O)(c1ccccc1)c1ccccc1. The van der Waals surface area contributed by atoms with Crippen LogP contribution in [0.4, 0.5) is 0 Å². The van der Waals surface area contributed by atoms with E-state index in [-0.39, 0.29) is 45.6 Å². The van der Waals surface area contributed by atoms with Gasteiger partial charge < -0.3 is 15.3 Å². The summed E-state index contributed by atoms with van der Waals surface area (Å²) in [5.74, 6) is 0.960. The molecule has 7 aliphatic carbocycles. The van der Waals surface area contributed by atoms with E-state index in [2.05, 4.69) is 37.0 Å². The van der Waals surface area contributed by atoms with Crippen molar-refractivity contribution < 1.29 is 20.1 Å². The molecule has 2 aromatic rings. The van der Waals surface area contributed by atoms with Gasteiger partial charge in [0, 0.05) is 40.3 Å². The molecule has 5 heteroatoms. The number of carbonyl (C=O) groups excluding carboxylic acids is 1. The molecule has 272 valence electrons. The Balaban J connectivity index is 1.10. The van der Waals surface area contributed by atoms with Crippen molar-refractivity contribution in [3.05, 3.63) is 95.6 Å². The van der Waals surface area contributed by atoms with Crippen LogP contribution >= 0.6 is 0 Å². The first-order valence-electron chi connectivity index (χ1n) is 20.5. The molecule has 2 aromatic carbocycles. The van der Waals surface area contributed by atoms with Crippen LogP contribution in [-0.4, -0.2) is 56.8 Å². The number of benzene rings is 2. The summed E-state index contributed by atoms with van der Waals surface area (Å²) in [6, 6.07) is 20.1. The monoisotopic (exact) mass is 689 g/mol. The predicted octanol–water partition coefficient (Wildman–Crippen LogP) is 8.13. The number of hydrogen-bond acceptors (Lipinski definition) is 5. The van der Waals surface area contributed by atoms with E-state index in [0.29, 0.717) is 31.1 Å². The molecule has 2 bridgehead atoms. The Morgan fingerprint density at radius 1 is 0.784 bits per heavy atom. The first-order chi connectivity index (χ1) is 24.5. The summed E-state index contributed by atoms with van der Waals surface area (Å²) in [7, 11) is 0. The standard InChI is InChI=1S/C46H59NO4/c1-41-23-20-35(48)29-43(41)26-27-45(36(30-43)40(49)32-13-6-3-7-14-32)37(41)21-24-42(2)38(45)22-25-44(42,50)31-47-28-12-19-39(47)46(51,33-15-8-4-9-16-33)34-17-10-5-11-18-34/h4-5,8-11,15-18,26-27,30,32,35,37-39,48,50-51H,3,6-7,12-14,19-25,28-29,31H2,1-2H3/t35?,37-,38-,39-,41-,42+,43+,44-,45-/m1/s1. The van der Waals surface area contributed by atoms with Crippen LogP contribution in [0.3, 0.4) is 0 Å². The second-order valence-corrected chi connectivity index (χ2v) is 18.6. The van der Waals surface area contributed by atoms with Crippen LogP contribution in [0.25, 0.3) is 0 Å². The van der Waals surface area contributed by atoms with Crippen molar-refractivity contribution in [3.8, 4) is 0 Å². The van der Waals surface area contributed by atoms with Crippen molar-refractivity contribution in [2.75, 3.05) is 13.1 Å². The first kappa shape index (κ1) is 34.2. The molecule has 0 radical (unpaired) electrons. The average molecular weight is 690 g/mol. The predicted molar refractivity (Wildman–Crippen MR) is 201 cm³/mol. The fraction of sp³-hybridized carbons (Fsp3) is 0.630. The molecule has 1 unspecified atom stereocenters. The zero-order valence-corrected chi connectivity index (χ0v) is 30.9. The van der Waals surface area contributed by atoms with Gasteiger partial charge in [-0.25, -0.2) is 0 Å². The van der Waals surface area contributed by atoms with E-state index in [1.165, 1.54) is 6.42 Å². The number of likely N-dealkylation sites (tertiary alicyclic amines) is 1. The van der Waals surface area contributed by atoms with Crippen LogP contribution < -0.4 is 0 Å². The minimum atomic E-state index is -1.20. The number of rotatable bonds is 7. The lowest BCUT2D eigenvalue weighted by atomic mass is 9.32. The van der Waals surface area contributed by atoms with Gasteiger partial charge in [-0.1, -0.05) is 112 Å². The summed E-state index contributed by atoms with van der Waals surface area (Å²) in [5.41, 5.74) is -0.359. The molecule has 51 heavy (non-hydrogen) atoms. The Morgan fingerprint density at radius 3 is 2.10 bits per heavy atom. The van der Waals surface area contributed by atoms with Gasteiger partial charge in [-0.2, -0.15) is 0 Å². The van der Waals surface area contributed by atoms with Crippen molar-refractivity contribution in [2.24, 2.45) is 39.4 Å². The number of aliphatic hydroxyl groups excluding tert-OH is 1. The fourth-order valence-corrected chi connectivity index (χ4v) is 14.0. The third kappa shape index (κ3) is 4.63. The van der Waals surface area contributed by atoms with Crippen LogP contribution in [0.2, 0.25) is 0 Å². The number of allylic oxidation sites excluding steroid dienone is 4. The third-order valence-corrected chi connectivity index (χ3v) is 16.7. The van der Waals surface area contributed by atoms with Gasteiger partial charge in [-0.05, 0) is 106 Å². The second-order valence-electron chi connectivity index (χ2n) is 18.6. The quantitative estimate of drug-likeness (QED) is 0.256. The molecular weight excluding hydrogens is 631 g/mol. The van der Waals surface area contributed by atoms with Gasteiger partial charge in [0.2, 0.25) is 0 Å². The molecule has 2 spiro atoms. The molecule has 4 saturated carbocycles. The summed E-state index contributed by atoms with van der Waals surface area (Å²) >= 11 is 0. The zero-order valence-electron chi connectivity index (χ0n) is 30.9. The maximum atomic E-state index is 14.9. The number of fused-ring (bicyclic) bond motifs is 1. The maximum absolute atomic E-state index is 14.9. The lowest BCUT2D eigenvalue weighted by Crippen LogP contribution is -2.67. The number of β-amino-alcohol motifs (C(OH)–C–C–N with tert-alkyl or cyclic N) is 1. The maximum Gasteiger partial charge on any atom is 0.162 e. The number of aliphatic hydroxyl groups is 3. The minimum Gasteiger partial charge on any atom is -0.393 e. The fourth-order valence-electron chi connectivity index (χ4n) is 14.0. The average Bonchev–Trinajstić information content (AvgIpc) is 3.73. The largest absolute Gasteiger partial charge is 0.393 e. The van der Waals surface area contributed by atoms with Crippen LogP contribution in [0.5, 0.6) is 0 Å². The zero-order chi connectivity index (χ0) is 35.3. The molecule has 10 rings (SSSR count). The number of Topliss-reactive ketones (excluding diaryl/α,β-unsaturated/α-hetero) is 1. The highest BCUT2D eigenvalue weighted by atomic mass is 16.3. The highest BCUT2D eigenvalue weighted by Gasteiger charge is 2.74. The third-order valence-electron chi connectivity index (χ3n) is 16.7. The number of carbonyl (C=O) groups is 1. The smallest absolute Gasteiger partial charge is 0.162 e. The Morgan fingerprint density at radius 2 is 1.41 bits per heavy atom. The van der Waals surface area contributed by atoms with E-state index in [9.17, 15) is 20.1 Å². The highest BCUT2D eigenvalue weighted by Crippen LogP contribution is 2.78. The van der Waals surface area contributed by atoms with Gasteiger partial charge in [0.25, 0.3) is 0 Å². The lowest BCUT2D eigenvalue weighted by Gasteiger charge is -2.71. The van der Waals surface area contributed by atoms with Crippen LogP contribution in [0.15, 0.2) is 84.5 Å². The normalized spacial score (nSPS) is 42.3. The first-order valence-corrected chi connectivity index (χ1v) is 20.5. The van der Waals surface area contributed by atoms with Crippen molar-refractivity contribution in [1.29, 1.82) is 0 Å². The van der Waals surface area contributed by atoms with E-state index in [1.807, 2.05) is 60.7 Å². The van der Waals surface area contributed by atoms with E-state index >= 15 is 0 Å². The summed E-state index contributed by atoms with van der Waals surface area (Å²) in [6.07, 6.45) is 20.3. The Bertz CT molecular complexity index is 1680. The molecular formula is C46H59NO4. The van der Waals surface area contributed by atoms with Crippen LogP contribution in [0, 0.1) is 39.4 Å². The second kappa shape index (κ2) is 12.0. The Kier molecular flexibility index (Phi) is 8.03. The summed E-state index contributed by atoms with van der Waals surface area (Å²) < 4.78 is 0. The van der Waals surface area contributed by atoms with Crippen molar-refractivity contribution >= 4 is 5.78 Å². The summed E-state index contributed by atoms with van der Waals surface area (Å²) in [5, 5.41) is 37.2. The molecule has 0 amide bonds. The highest BCUT2D eigenvalue weighted by molar-refractivity contribution is 6.00. The van der Waals surface area contributed by atoms with Gasteiger partial charge in [0.15, 0.2) is 5.78 Å². The van der Waals surface area contributed by atoms with E-state index in [0.717, 1.165) is 93.9 Å². The molecule has 5 nitrogen and oxygen atoms in total. The molecule has 1 aliphatic heterocycles. The van der Waals surface area contributed by atoms with Crippen LogP contribution in [0.1, 0.15) is 115 Å². The topological polar surface area (TPSA) is 81.0 Å². The van der Waals surface area contributed by atoms with Crippen molar-refractivity contribution in [3.63, 3.8) is 0 Å². The van der Waals surface area contributed by atoms with E-state index < -0.39 is 11.2 Å². The van der Waals surface area contributed by atoms with Crippen molar-refractivity contribution in [1.82, 2.24) is 4.90 Å². The molecule has 9 atom stereocenters. The molecule has 1 saturated heterocycles. The Labute approximate surface area is 305 Å². The molecule has 1 heterocycles. The van der Waals surface area contributed by atoms with Gasteiger partial charge in [-0.3, -0.25) is 9.69 Å². The molecule has 8 aliphatic rings. The number of ketones is 1. The van der Waals surface area contributed by atoms with Gasteiger partial charge in [0.1, 0.15) is 5.60 Å². The number of nitrogens with zero attached hydrogens (tertiary/aromatic N) is 1. The van der Waals surface area contributed by atoms with Gasteiger partial charge in [-0.15, -0.1) is 0 Å².